The first-order valence-corrected chi connectivity index (χ1v) is 29.6. The van der Waals surface area contributed by atoms with Crippen molar-refractivity contribution in [2.24, 2.45) is 25.9 Å². The lowest BCUT2D eigenvalue weighted by atomic mass is 9.80. The largest absolute Gasteiger partial charge is 0.333 e. The van der Waals surface area contributed by atoms with Crippen LogP contribution in [0, 0.1) is 48.8 Å². The predicted molar refractivity (Wildman–Crippen MR) is 293 cm³/mol. The summed E-state index contributed by atoms with van der Waals surface area (Å²) in [5.41, 5.74) is 1.20. The maximum Gasteiger partial charge on any atom is 0.248 e. The summed E-state index contributed by atoms with van der Waals surface area (Å²) in [5.74, 6) is -10.2. The summed E-state index contributed by atoms with van der Waals surface area (Å²) in [7, 11) is -4.63. The lowest BCUT2D eigenvalue weighted by Crippen LogP contribution is -2.31. The van der Waals surface area contributed by atoms with Gasteiger partial charge in [-0.15, -0.1) is 0 Å². The summed E-state index contributed by atoms with van der Waals surface area (Å²) in [4.78, 5) is 25.0. The van der Waals surface area contributed by atoms with Crippen LogP contribution in [0.2, 0.25) is 0 Å². The molecular formula is C58H54F8N10O4S2. The van der Waals surface area contributed by atoms with Gasteiger partial charge in [-0.05, 0) is 112 Å². The molecule has 8 aromatic heterocycles. The molecule has 24 heteroatoms. The molecule has 82 heavy (non-hydrogen) atoms. The molecule has 2 fully saturated rings. The molecule has 0 radical (unpaired) electrons. The quantitative estimate of drug-likeness (QED) is 0.120. The van der Waals surface area contributed by atoms with Gasteiger partial charge in [0.05, 0.1) is 113 Å². The maximum absolute atomic E-state index is 15.9. The van der Waals surface area contributed by atoms with Crippen LogP contribution in [0.25, 0.3) is 66.4 Å². The molecule has 2 aromatic carbocycles. The Hall–Kier alpha value is -7.60. The number of halogens is 8. The van der Waals surface area contributed by atoms with Crippen molar-refractivity contribution in [1.82, 2.24) is 48.2 Å². The number of imidazole rings is 2. The number of pyridine rings is 4. The molecule has 0 N–H and O–H groups in total. The molecule has 8 heterocycles. The number of nitrogens with zero attached hydrogens (tertiary/aromatic N) is 10. The highest BCUT2D eigenvalue weighted by atomic mass is 32.2. The van der Waals surface area contributed by atoms with Crippen LogP contribution in [0.4, 0.5) is 35.1 Å². The van der Waals surface area contributed by atoms with Gasteiger partial charge in [0.15, 0.2) is 19.7 Å². The zero-order valence-electron chi connectivity index (χ0n) is 50.1. The first-order valence-electron chi connectivity index (χ1n) is 28.8. The monoisotopic (exact) mass is 1180 g/mol. The first-order chi connectivity index (χ1) is 41.1. The van der Waals surface area contributed by atoms with Crippen molar-refractivity contribution in [3.8, 4) is 22.5 Å². The van der Waals surface area contributed by atoms with Gasteiger partial charge in [0.25, 0.3) is 0 Å². The van der Waals surface area contributed by atoms with E-state index in [1.807, 2.05) is 0 Å². The van der Waals surface area contributed by atoms with Crippen molar-refractivity contribution >= 4 is 63.5 Å². The minimum atomic E-state index is -3.92. The van der Waals surface area contributed by atoms with Crippen molar-refractivity contribution in [1.29, 1.82) is 0 Å². The summed E-state index contributed by atoms with van der Waals surface area (Å²) in [6.45, 7) is -5.16. The van der Waals surface area contributed by atoms with Gasteiger partial charge in [-0.25, -0.2) is 61.9 Å². The molecule has 0 bridgehead atoms. The molecular weight excluding hydrogens is 1120 g/mol. The highest BCUT2D eigenvalue weighted by Crippen LogP contribution is 2.49. The van der Waals surface area contributed by atoms with Crippen LogP contribution < -0.4 is 0 Å². The molecule has 2 aliphatic rings. The Kier molecular flexibility index (Phi) is 12.4. The number of aromatic nitrogens is 10. The van der Waals surface area contributed by atoms with Gasteiger partial charge in [0, 0.05) is 96.4 Å². The number of benzene rings is 2. The number of hydrogen-bond donors (Lipinski definition) is 0. The average molecular weight is 1180 g/mol. The molecule has 0 aliphatic heterocycles. The molecule has 2 aliphatic carbocycles. The predicted octanol–water partition coefficient (Wildman–Crippen LogP) is 12.8. The number of hydrogen-bond acceptors (Lipinski definition) is 10. The third kappa shape index (κ3) is 10.2. The third-order valence-electron chi connectivity index (χ3n) is 15.7. The fourth-order valence-electron chi connectivity index (χ4n) is 11.8. The van der Waals surface area contributed by atoms with Crippen molar-refractivity contribution in [3.63, 3.8) is 0 Å². The number of alkyl halides is 4. The summed E-state index contributed by atoms with van der Waals surface area (Å²) >= 11 is 0. The molecule has 0 saturated heterocycles. The molecule has 0 amide bonds. The van der Waals surface area contributed by atoms with Crippen molar-refractivity contribution in [2.75, 3.05) is 12.5 Å². The van der Waals surface area contributed by atoms with E-state index in [0.717, 1.165) is 24.6 Å². The SMILES string of the molecule is [2H]C([2H])([2H])c1ncn(C)c1-c1cnc2c3c(F)cc(S(C)(=O)=O)cc3n(C(c3ncccc3F)C3CCC(F)(F)CC3)c2c1.[2H]C([2H])([2H])c1ncn(C)c1-c1cnc2c3c(F)cc(S(C)(=O)=O)cc3n(C(c3ncccc3F)C3CCC(F)(F)CC3)c2c1. The normalized spacial score (nSPS) is 18.3. The number of aryl methyl sites for hydroxylation is 4. The van der Waals surface area contributed by atoms with Gasteiger partial charge in [-0.3, -0.25) is 19.9 Å². The van der Waals surface area contributed by atoms with E-state index in [-0.39, 0.29) is 114 Å². The van der Waals surface area contributed by atoms with Crippen LogP contribution in [0.5, 0.6) is 0 Å². The van der Waals surface area contributed by atoms with E-state index in [9.17, 15) is 34.4 Å². The molecule has 2 saturated carbocycles. The van der Waals surface area contributed by atoms with E-state index in [0.29, 0.717) is 11.1 Å². The summed E-state index contributed by atoms with van der Waals surface area (Å²) in [6, 6.07) is 10.4. The van der Waals surface area contributed by atoms with Crippen LogP contribution in [0.15, 0.2) is 108 Å². The highest BCUT2D eigenvalue weighted by molar-refractivity contribution is 7.91. The fraction of sp³-hybridized carbons (Fsp3) is 0.345. The van der Waals surface area contributed by atoms with Gasteiger partial charge < -0.3 is 18.3 Å². The summed E-state index contributed by atoms with van der Waals surface area (Å²) in [6.07, 6.45) is 8.10. The van der Waals surface area contributed by atoms with Crippen molar-refractivity contribution in [3.05, 3.63) is 144 Å². The Morgan fingerprint density at radius 1 is 0.537 bits per heavy atom. The van der Waals surface area contributed by atoms with E-state index in [4.69, 9.17) is 8.22 Å². The Morgan fingerprint density at radius 3 is 1.26 bits per heavy atom. The summed E-state index contributed by atoms with van der Waals surface area (Å²) in [5, 5.41) is -0.107. The minimum Gasteiger partial charge on any atom is -0.333 e. The third-order valence-corrected chi connectivity index (χ3v) is 17.9. The van der Waals surface area contributed by atoms with Crippen LogP contribution in [-0.2, 0) is 33.8 Å². The maximum atomic E-state index is 15.9. The second kappa shape index (κ2) is 20.7. The van der Waals surface area contributed by atoms with Crippen LogP contribution in [0.3, 0.4) is 0 Å². The first kappa shape index (κ1) is 49.0. The summed E-state index contributed by atoms with van der Waals surface area (Å²) < 4.78 is 224. The van der Waals surface area contributed by atoms with E-state index >= 15 is 17.6 Å². The van der Waals surface area contributed by atoms with E-state index < -0.39 is 118 Å². The lowest BCUT2D eigenvalue weighted by Gasteiger charge is -2.35. The highest BCUT2D eigenvalue weighted by Gasteiger charge is 2.43. The number of rotatable bonds is 10. The molecule has 0 spiro atoms. The second-order valence-electron chi connectivity index (χ2n) is 21.2. The smallest absolute Gasteiger partial charge is 0.248 e. The van der Waals surface area contributed by atoms with E-state index in [1.54, 1.807) is 26.2 Å². The van der Waals surface area contributed by atoms with Gasteiger partial charge in [-0.2, -0.15) is 0 Å². The number of fused-ring (bicyclic) bond motifs is 6. The second-order valence-corrected chi connectivity index (χ2v) is 25.2. The topological polar surface area (TPSA) is 165 Å². The van der Waals surface area contributed by atoms with Crippen LogP contribution in [0.1, 0.15) is 94.5 Å². The molecule has 428 valence electrons. The standard InChI is InChI=1S/2C29H27F4N5O2S/c2*1-16-27(37(2)15-36-16)18-11-23-26(35-14-18)24-21(31)12-19(41(3,39)40)13-22(24)38(23)28(25-20(30)5-4-10-34-25)17-6-8-29(32,33)9-7-17/h2*4-5,10-15,17,28H,6-9H2,1-3H3/i2*1D3. The van der Waals surface area contributed by atoms with Gasteiger partial charge >= 0.3 is 0 Å². The zero-order valence-corrected chi connectivity index (χ0v) is 45.8. The Balaban J connectivity index is 0.000000182. The zero-order chi connectivity index (χ0) is 63.5. The Morgan fingerprint density at radius 2 is 0.915 bits per heavy atom. The molecule has 14 nitrogen and oxygen atoms in total. The molecule has 2 atom stereocenters. The van der Waals surface area contributed by atoms with Crippen LogP contribution >= 0.6 is 0 Å². The van der Waals surface area contributed by atoms with Crippen molar-refractivity contribution in [2.45, 2.75) is 98.8 Å². The van der Waals surface area contributed by atoms with E-state index in [2.05, 4.69) is 29.9 Å². The van der Waals surface area contributed by atoms with Crippen molar-refractivity contribution < 1.29 is 60.2 Å². The minimum absolute atomic E-state index is 0.0128. The molecule has 2 unspecified atom stereocenters. The molecule has 10 aromatic rings. The molecule has 12 rings (SSSR count). The Labute approximate surface area is 474 Å². The average Bonchev–Trinajstić information content (AvgIpc) is 1.58. The lowest BCUT2D eigenvalue weighted by molar-refractivity contribution is -0.0501. The number of sulfone groups is 2. The van der Waals surface area contributed by atoms with Crippen LogP contribution in [-0.4, -0.2) is 89.4 Å². The van der Waals surface area contributed by atoms with Gasteiger partial charge in [0.1, 0.15) is 23.3 Å². The van der Waals surface area contributed by atoms with E-state index in [1.165, 1.54) is 92.1 Å². The van der Waals surface area contributed by atoms with Gasteiger partial charge in [-0.1, -0.05) is 0 Å². The van der Waals surface area contributed by atoms with Gasteiger partial charge in [0.2, 0.25) is 11.8 Å². The Bertz CT molecular complexity index is 4360. The fourth-order valence-corrected chi connectivity index (χ4v) is 13.1.